The maximum Gasteiger partial charge on any atom is 0.471 e. The van der Waals surface area contributed by atoms with Crippen LogP contribution in [0.1, 0.15) is 25.8 Å². The van der Waals surface area contributed by atoms with Crippen LogP contribution in [0.2, 0.25) is 0 Å². The quantitative estimate of drug-likeness (QED) is 0.353. The number of alkyl halides is 3. The van der Waals surface area contributed by atoms with Gasteiger partial charge >= 0.3 is 24.0 Å². The molecule has 39 heavy (non-hydrogen) atoms. The first-order valence-electron chi connectivity index (χ1n) is 11.6. The number of aromatic amines is 1. The summed E-state index contributed by atoms with van der Waals surface area (Å²) >= 11 is 0. The summed E-state index contributed by atoms with van der Waals surface area (Å²) in [5.74, 6) is -5.42. The van der Waals surface area contributed by atoms with Gasteiger partial charge < -0.3 is 15.5 Å². The molecule has 0 fully saturated rings. The average molecular weight is 541 g/mol. The standard InChI is InChI=1S/C26H22F3N5O5/c1-3-14-12-19(22(35)36)20(30-23(37)26(27,28)29)25(13(14)2,24(38)39)16-10-8-15(9-11-16)17-6-4-5-7-18(17)21-31-33-34-32-21/h4-12,20H,3H2,1-2H3,(H,30,37)(H,35,36)(H,38,39)(H,31,32,33,34). The summed E-state index contributed by atoms with van der Waals surface area (Å²) in [6.45, 7) is 3.07. The maximum atomic E-state index is 13.3. The number of carbonyl (C=O) groups excluding carboxylic acids is 1. The maximum absolute atomic E-state index is 13.3. The molecule has 2 unspecified atom stereocenters. The number of nitrogens with one attached hydrogen (secondary N) is 2. The Balaban J connectivity index is 1.92. The predicted molar refractivity (Wildman–Crippen MR) is 131 cm³/mol. The molecule has 1 aliphatic rings. The highest BCUT2D eigenvalue weighted by molar-refractivity contribution is 5.99. The first-order valence-corrected chi connectivity index (χ1v) is 11.6. The van der Waals surface area contributed by atoms with Crippen molar-refractivity contribution in [1.82, 2.24) is 25.9 Å². The van der Waals surface area contributed by atoms with Crippen molar-refractivity contribution in [1.29, 1.82) is 0 Å². The van der Waals surface area contributed by atoms with Crippen molar-refractivity contribution in [3.05, 3.63) is 76.9 Å². The molecule has 0 saturated carbocycles. The number of carboxylic acids is 2. The van der Waals surface area contributed by atoms with Gasteiger partial charge in [0.25, 0.3) is 0 Å². The number of aromatic nitrogens is 4. The lowest BCUT2D eigenvalue weighted by molar-refractivity contribution is -0.175. The van der Waals surface area contributed by atoms with Gasteiger partial charge in [-0.25, -0.2) is 4.79 Å². The number of hydrogen-bond donors (Lipinski definition) is 4. The fourth-order valence-corrected chi connectivity index (χ4v) is 4.94. The molecule has 0 spiro atoms. The van der Waals surface area contributed by atoms with E-state index in [4.69, 9.17) is 0 Å². The number of allylic oxidation sites excluding steroid dienone is 2. The molecule has 202 valence electrons. The van der Waals surface area contributed by atoms with E-state index in [9.17, 15) is 37.8 Å². The van der Waals surface area contributed by atoms with E-state index in [1.54, 1.807) is 48.6 Å². The van der Waals surface area contributed by atoms with E-state index < -0.39 is 41.1 Å². The molecule has 0 radical (unpaired) electrons. The largest absolute Gasteiger partial charge is 0.480 e. The molecule has 1 heterocycles. The fourth-order valence-electron chi connectivity index (χ4n) is 4.94. The van der Waals surface area contributed by atoms with Gasteiger partial charge in [0.2, 0.25) is 5.82 Å². The van der Waals surface area contributed by atoms with Crippen molar-refractivity contribution in [2.75, 3.05) is 0 Å². The molecule has 0 bridgehead atoms. The van der Waals surface area contributed by atoms with Crippen LogP contribution in [0.15, 0.2) is 71.3 Å². The Labute approximate surface area is 219 Å². The summed E-state index contributed by atoms with van der Waals surface area (Å²) in [6.07, 6.45) is -4.05. The average Bonchev–Trinajstić information content (AvgIpc) is 3.43. The number of aliphatic carboxylic acids is 2. The number of hydrogen-bond acceptors (Lipinski definition) is 6. The highest BCUT2D eigenvalue weighted by Gasteiger charge is 2.56. The van der Waals surface area contributed by atoms with Gasteiger partial charge in [0.15, 0.2) is 0 Å². The molecule has 10 nitrogen and oxygen atoms in total. The number of tetrazole rings is 1. The van der Waals surface area contributed by atoms with Crippen LogP contribution < -0.4 is 5.32 Å². The van der Waals surface area contributed by atoms with E-state index in [0.29, 0.717) is 28.1 Å². The van der Waals surface area contributed by atoms with Gasteiger partial charge in [-0.3, -0.25) is 9.59 Å². The van der Waals surface area contributed by atoms with Crippen molar-refractivity contribution in [3.8, 4) is 22.5 Å². The predicted octanol–water partition coefficient (Wildman–Crippen LogP) is 3.65. The summed E-state index contributed by atoms with van der Waals surface area (Å²) in [5.41, 5.74) is -0.747. The van der Waals surface area contributed by atoms with Crippen molar-refractivity contribution in [2.45, 2.75) is 37.9 Å². The van der Waals surface area contributed by atoms with Gasteiger partial charge in [0, 0.05) is 5.56 Å². The number of amides is 1. The molecule has 0 aliphatic heterocycles. The third kappa shape index (κ3) is 4.67. The Morgan fingerprint density at radius 2 is 1.69 bits per heavy atom. The van der Waals surface area contributed by atoms with Gasteiger partial charge in [-0.1, -0.05) is 55.5 Å². The second kappa shape index (κ2) is 10.2. The first kappa shape index (κ1) is 27.2. The van der Waals surface area contributed by atoms with Crippen LogP contribution in [-0.2, 0) is 19.8 Å². The van der Waals surface area contributed by atoms with E-state index in [1.807, 2.05) is 0 Å². The van der Waals surface area contributed by atoms with Crippen LogP contribution in [0, 0.1) is 0 Å². The molecule has 4 rings (SSSR count). The molecule has 0 saturated heterocycles. The minimum absolute atomic E-state index is 0.0152. The lowest BCUT2D eigenvalue weighted by atomic mass is 9.62. The second-order valence-corrected chi connectivity index (χ2v) is 8.78. The lowest BCUT2D eigenvalue weighted by Gasteiger charge is -2.42. The lowest BCUT2D eigenvalue weighted by Crippen LogP contribution is -2.60. The zero-order chi connectivity index (χ0) is 28.5. The van der Waals surface area contributed by atoms with Crippen LogP contribution >= 0.6 is 0 Å². The second-order valence-electron chi connectivity index (χ2n) is 8.78. The zero-order valence-electron chi connectivity index (χ0n) is 20.6. The van der Waals surface area contributed by atoms with Gasteiger partial charge in [0.1, 0.15) is 5.41 Å². The molecule has 2 aromatic carbocycles. The van der Waals surface area contributed by atoms with E-state index >= 15 is 0 Å². The van der Waals surface area contributed by atoms with E-state index in [1.165, 1.54) is 19.1 Å². The van der Waals surface area contributed by atoms with Crippen LogP contribution in [0.3, 0.4) is 0 Å². The van der Waals surface area contributed by atoms with Gasteiger partial charge in [0.05, 0.1) is 11.6 Å². The summed E-state index contributed by atoms with van der Waals surface area (Å²) in [5, 5.41) is 36.0. The molecular formula is C26H22F3N5O5. The number of carbonyl (C=O) groups is 3. The summed E-state index contributed by atoms with van der Waals surface area (Å²) < 4.78 is 39.8. The highest BCUT2D eigenvalue weighted by Crippen LogP contribution is 2.45. The number of rotatable bonds is 7. The van der Waals surface area contributed by atoms with Crippen molar-refractivity contribution >= 4 is 17.8 Å². The normalized spacial score (nSPS) is 19.4. The Kier molecular flexibility index (Phi) is 7.09. The van der Waals surface area contributed by atoms with E-state index in [-0.39, 0.29) is 17.6 Å². The van der Waals surface area contributed by atoms with Gasteiger partial charge in [-0.2, -0.15) is 18.4 Å². The fraction of sp³-hybridized carbons (Fsp3) is 0.231. The first-order chi connectivity index (χ1) is 18.4. The Bertz CT molecular complexity index is 1500. The summed E-state index contributed by atoms with van der Waals surface area (Å²) in [7, 11) is 0. The van der Waals surface area contributed by atoms with Gasteiger partial charge in [-0.05, 0) is 52.5 Å². The Morgan fingerprint density at radius 1 is 1.05 bits per heavy atom. The van der Waals surface area contributed by atoms with E-state index in [0.717, 1.165) is 6.08 Å². The molecule has 1 amide bonds. The topological polar surface area (TPSA) is 158 Å². The molecule has 13 heteroatoms. The number of carboxylic acid groups (broad SMARTS) is 2. The molecule has 1 aromatic heterocycles. The smallest absolute Gasteiger partial charge is 0.471 e. The SMILES string of the molecule is CCC1=C(C)C(C(=O)O)(c2ccc(-c3ccccc3-c3nn[nH]n3)cc2)C(NC(=O)C(F)(F)F)C(C(=O)O)=C1. The molecule has 3 aromatic rings. The summed E-state index contributed by atoms with van der Waals surface area (Å²) in [4.78, 5) is 37.2. The Morgan fingerprint density at radius 3 is 2.21 bits per heavy atom. The van der Waals surface area contributed by atoms with Crippen molar-refractivity contribution in [3.63, 3.8) is 0 Å². The van der Waals surface area contributed by atoms with Crippen LogP contribution in [-0.4, -0.2) is 60.9 Å². The monoisotopic (exact) mass is 541 g/mol. The van der Waals surface area contributed by atoms with Crippen LogP contribution in [0.4, 0.5) is 13.2 Å². The van der Waals surface area contributed by atoms with Gasteiger partial charge in [-0.15, -0.1) is 10.2 Å². The highest BCUT2D eigenvalue weighted by atomic mass is 19.4. The van der Waals surface area contributed by atoms with Crippen LogP contribution in [0.25, 0.3) is 22.5 Å². The number of H-pyrrole nitrogens is 1. The summed E-state index contributed by atoms with van der Waals surface area (Å²) in [6, 6.07) is 10.9. The third-order valence-corrected chi connectivity index (χ3v) is 6.81. The minimum atomic E-state index is -5.38. The minimum Gasteiger partial charge on any atom is -0.480 e. The molecule has 1 aliphatic carbocycles. The van der Waals surface area contributed by atoms with Crippen molar-refractivity contribution in [2.24, 2.45) is 0 Å². The zero-order valence-corrected chi connectivity index (χ0v) is 20.6. The molecule has 2 atom stereocenters. The van der Waals surface area contributed by atoms with E-state index in [2.05, 4.69) is 20.6 Å². The van der Waals surface area contributed by atoms with Crippen LogP contribution in [0.5, 0.6) is 0 Å². The third-order valence-electron chi connectivity index (χ3n) is 6.81. The number of nitrogens with zero attached hydrogens (tertiary/aromatic N) is 3. The number of benzene rings is 2. The molecule has 4 N–H and O–H groups in total. The molecular weight excluding hydrogens is 519 g/mol. The number of halogens is 3. The van der Waals surface area contributed by atoms with Crippen molar-refractivity contribution < 1.29 is 37.8 Å². The Hall–Kier alpha value is -4.81.